The molecule has 1 aromatic rings. The number of halogens is 1. The number of hydrogen-bond donors (Lipinski definition) is 1. The Hall–Kier alpha value is -1.14. The van der Waals surface area contributed by atoms with E-state index in [1.54, 1.807) is 12.3 Å². The van der Waals surface area contributed by atoms with Crippen LogP contribution >= 0.6 is 15.9 Å². The Morgan fingerprint density at radius 1 is 1.63 bits per heavy atom. The molecule has 106 valence electrons. The van der Waals surface area contributed by atoms with Gasteiger partial charge in [-0.15, -0.1) is 6.58 Å². The van der Waals surface area contributed by atoms with Crippen molar-refractivity contribution in [3.8, 4) is 0 Å². The van der Waals surface area contributed by atoms with Crippen molar-refractivity contribution in [2.24, 2.45) is 5.92 Å². The van der Waals surface area contributed by atoms with Crippen LogP contribution in [0.1, 0.15) is 13.8 Å². The molecule has 0 radical (unpaired) electrons. The van der Waals surface area contributed by atoms with E-state index in [1.807, 2.05) is 0 Å². The average molecular weight is 330 g/mol. The van der Waals surface area contributed by atoms with E-state index in [4.69, 9.17) is 4.74 Å². The molecule has 0 unspecified atom stereocenters. The van der Waals surface area contributed by atoms with Crippen LogP contribution in [-0.2, 0) is 11.3 Å². The van der Waals surface area contributed by atoms with Gasteiger partial charge in [0.05, 0.1) is 25.0 Å². The van der Waals surface area contributed by atoms with Crippen LogP contribution < -0.4 is 10.9 Å². The van der Waals surface area contributed by atoms with Crippen molar-refractivity contribution in [1.29, 1.82) is 0 Å². The van der Waals surface area contributed by atoms with E-state index < -0.39 is 0 Å². The number of anilines is 1. The molecular formula is C13H20BrN3O2. The van der Waals surface area contributed by atoms with Crippen LogP contribution in [0.15, 0.2) is 28.1 Å². The summed E-state index contributed by atoms with van der Waals surface area (Å²) in [7, 11) is 0. The minimum absolute atomic E-state index is 0.173. The molecule has 0 saturated heterocycles. The van der Waals surface area contributed by atoms with Crippen LogP contribution in [0.2, 0.25) is 0 Å². The summed E-state index contributed by atoms with van der Waals surface area (Å²) in [6.45, 7) is 10.2. The second-order valence-corrected chi connectivity index (χ2v) is 5.34. The zero-order valence-electron chi connectivity index (χ0n) is 11.4. The van der Waals surface area contributed by atoms with Gasteiger partial charge in [0.1, 0.15) is 4.47 Å². The van der Waals surface area contributed by atoms with Crippen LogP contribution in [0.3, 0.4) is 0 Å². The fraction of sp³-hybridized carbons (Fsp3) is 0.538. The van der Waals surface area contributed by atoms with E-state index in [1.165, 1.54) is 4.68 Å². The third-order valence-corrected chi connectivity index (χ3v) is 3.07. The van der Waals surface area contributed by atoms with Gasteiger partial charge in [0, 0.05) is 13.2 Å². The highest BCUT2D eigenvalue weighted by atomic mass is 79.9. The minimum atomic E-state index is -0.173. The normalized spacial score (nSPS) is 10.7. The van der Waals surface area contributed by atoms with Crippen LogP contribution in [0.4, 0.5) is 5.69 Å². The summed E-state index contributed by atoms with van der Waals surface area (Å²) >= 11 is 3.28. The molecule has 0 saturated carbocycles. The first-order chi connectivity index (χ1) is 9.06. The molecule has 1 N–H and O–H groups in total. The van der Waals surface area contributed by atoms with Gasteiger partial charge < -0.3 is 10.1 Å². The fourth-order valence-electron chi connectivity index (χ4n) is 1.42. The molecule has 1 heterocycles. The summed E-state index contributed by atoms with van der Waals surface area (Å²) in [5, 5.41) is 7.18. The Balaban J connectivity index is 2.53. The largest absolute Gasteiger partial charge is 0.380 e. The summed E-state index contributed by atoms with van der Waals surface area (Å²) in [5.41, 5.74) is 0.506. The Morgan fingerprint density at radius 3 is 3.00 bits per heavy atom. The molecular weight excluding hydrogens is 310 g/mol. The van der Waals surface area contributed by atoms with Gasteiger partial charge >= 0.3 is 0 Å². The molecule has 0 amide bonds. The van der Waals surface area contributed by atoms with Crippen molar-refractivity contribution in [3.05, 3.63) is 33.7 Å². The lowest BCUT2D eigenvalue weighted by molar-refractivity contribution is 0.118. The molecule has 5 nitrogen and oxygen atoms in total. The zero-order chi connectivity index (χ0) is 14.3. The molecule has 0 bridgehead atoms. The smallest absolute Gasteiger partial charge is 0.283 e. The quantitative estimate of drug-likeness (QED) is 0.587. The van der Waals surface area contributed by atoms with E-state index in [0.717, 1.165) is 6.61 Å². The Labute approximate surface area is 121 Å². The predicted molar refractivity (Wildman–Crippen MR) is 80.5 cm³/mol. The monoisotopic (exact) mass is 329 g/mol. The van der Waals surface area contributed by atoms with Crippen molar-refractivity contribution < 1.29 is 4.74 Å². The lowest BCUT2D eigenvalue weighted by Gasteiger charge is -2.10. The van der Waals surface area contributed by atoms with Gasteiger partial charge in [-0.05, 0) is 21.8 Å². The third-order valence-electron chi connectivity index (χ3n) is 2.30. The molecule has 6 heteroatoms. The Kier molecular flexibility index (Phi) is 6.80. The summed E-state index contributed by atoms with van der Waals surface area (Å²) in [6, 6.07) is 0. The van der Waals surface area contributed by atoms with Crippen molar-refractivity contribution in [3.63, 3.8) is 0 Å². The second-order valence-electron chi connectivity index (χ2n) is 4.54. The SMILES string of the molecule is C=CCn1ncc(NCCOCC(C)C)c(Br)c1=O. The van der Waals surface area contributed by atoms with Gasteiger partial charge in [0.25, 0.3) is 5.56 Å². The maximum Gasteiger partial charge on any atom is 0.283 e. The van der Waals surface area contributed by atoms with E-state index in [-0.39, 0.29) is 5.56 Å². The van der Waals surface area contributed by atoms with Crippen LogP contribution in [0.25, 0.3) is 0 Å². The van der Waals surface area contributed by atoms with E-state index in [2.05, 4.69) is 46.8 Å². The molecule has 0 aliphatic heterocycles. The molecule has 1 aromatic heterocycles. The summed E-state index contributed by atoms with van der Waals surface area (Å²) in [6.07, 6.45) is 3.26. The number of hydrogen-bond acceptors (Lipinski definition) is 4. The van der Waals surface area contributed by atoms with Gasteiger partial charge in [0.15, 0.2) is 0 Å². The van der Waals surface area contributed by atoms with Crippen molar-refractivity contribution in [2.45, 2.75) is 20.4 Å². The van der Waals surface area contributed by atoms with Crippen LogP contribution in [0.5, 0.6) is 0 Å². The molecule has 0 aliphatic rings. The van der Waals surface area contributed by atoms with Gasteiger partial charge in [-0.3, -0.25) is 4.79 Å². The molecule has 19 heavy (non-hydrogen) atoms. The number of allylic oxidation sites excluding steroid dienone is 1. The number of ether oxygens (including phenoxy) is 1. The lowest BCUT2D eigenvalue weighted by Crippen LogP contribution is -2.24. The van der Waals surface area contributed by atoms with E-state index >= 15 is 0 Å². The summed E-state index contributed by atoms with van der Waals surface area (Å²) < 4.78 is 7.28. The standard InChI is InChI=1S/C13H20BrN3O2/c1-4-6-17-13(18)12(14)11(8-16-17)15-5-7-19-9-10(2)3/h4,8,10,15H,1,5-7,9H2,2-3H3. The van der Waals surface area contributed by atoms with Gasteiger partial charge in [-0.25, -0.2) is 4.68 Å². The molecule has 0 aliphatic carbocycles. The highest BCUT2D eigenvalue weighted by molar-refractivity contribution is 9.10. The maximum atomic E-state index is 11.9. The highest BCUT2D eigenvalue weighted by Crippen LogP contribution is 2.15. The number of nitrogens with one attached hydrogen (secondary N) is 1. The number of aromatic nitrogens is 2. The topological polar surface area (TPSA) is 56.1 Å². The second kappa shape index (κ2) is 8.12. The maximum absolute atomic E-state index is 11.9. The molecule has 0 atom stereocenters. The van der Waals surface area contributed by atoms with Gasteiger partial charge in [-0.1, -0.05) is 19.9 Å². The molecule has 0 spiro atoms. The average Bonchev–Trinajstić information content (AvgIpc) is 2.37. The summed E-state index contributed by atoms with van der Waals surface area (Å²) in [4.78, 5) is 11.9. The number of rotatable bonds is 8. The van der Waals surface area contributed by atoms with Crippen LogP contribution in [0, 0.1) is 5.92 Å². The van der Waals surface area contributed by atoms with Gasteiger partial charge in [-0.2, -0.15) is 5.10 Å². The van der Waals surface area contributed by atoms with Gasteiger partial charge in [0.2, 0.25) is 0 Å². The molecule has 1 rings (SSSR count). The first kappa shape index (κ1) is 15.9. The van der Waals surface area contributed by atoms with Crippen molar-refractivity contribution in [2.75, 3.05) is 25.1 Å². The van der Waals surface area contributed by atoms with Crippen LogP contribution in [-0.4, -0.2) is 29.5 Å². The lowest BCUT2D eigenvalue weighted by atomic mass is 10.2. The number of nitrogens with zero attached hydrogens (tertiary/aromatic N) is 2. The fourth-order valence-corrected chi connectivity index (χ4v) is 1.86. The van der Waals surface area contributed by atoms with E-state index in [9.17, 15) is 4.79 Å². The van der Waals surface area contributed by atoms with Crippen molar-refractivity contribution >= 4 is 21.6 Å². The predicted octanol–water partition coefficient (Wildman–Crippen LogP) is 2.28. The minimum Gasteiger partial charge on any atom is -0.380 e. The Bertz CT molecular complexity index is 471. The first-order valence-corrected chi connectivity index (χ1v) is 7.03. The molecule has 0 fully saturated rings. The third kappa shape index (κ3) is 5.16. The highest BCUT2D eigenvalue weighted by Gasteiger charge is 2.07. The van der Waals surface area contributed by atoms with E-state index in [0.29, 0.717) is 35.8 Å². The first-order valence-electron chi connectivity index (χ1n) is 6.24. The molecule has 0 aromatic carbocycles. The van der Waals surface area contributed by atoms with Crippen molar-refractivity contribution in [1.82, 2.24) is 9.78 Å². The Morgan fingerprint density at radius 2 is 2.37 bits per heavy atom. The summed E-state index contributed by atoms with van der Waals surface area (Å²) in [5.74, 6) is 0.524. The zero-order valence-corrected chi connectivity index (χ0v) is 12.9.